The van der Waals surface area contributed by atoms with Crippen LogP contribution in [0.15, 0.2) is 52.9 Å². The monoisotopic (exact) mass is 402 g/mol. The van der Waals surface area contributed by atoms with E-state index in [-0.39, 0.29) is 11.8 Å². The molecule has 9 heteroatoms. The summed E-state index contributed by atoms with van der Waals surface area (Å²) in [5.74, 6) is -1.12. The van der Waals surface area contributed by atoms with Gasteiger partial charge in [-0.2, -0.15) is 26.3 Å². The van der Waals surface area contributed by atoms with Gasteiger partial charge in [-0.25, -0.2) is 4.79 Å². The first kappa shape index (κ1) is 19.8. The molecular formula is C19H12F6O3. The van der Waals surface area contributed by atoms with Gasteiger partial charge in [0.15, 0.2) is 6.10 Å². The molecule has 2 aromatic carbocycles. The zero-order valence-electron chi connectivity index (χ0n) is 14.2. The van der Waals surface area contributed by atoms with E-state index in [0.29, 0.717) is 23.1 Å². The summed E-state index contributed by atoms with van der Waals surface area (Å²) in [6, 6.07) is 9.02. The number of esters is 1. The first-order valence-electron chi connectivity index (χ1n) is 7.94. The summed E-state index contributed by atoms with van der Waals surface area (Å²) in [6.45, 7) is 1.40. The maximum Gasteiger partial charge on any atom is 0.416 e. The van der Waals surface area contributed by atoms with Crippen LogP contribution >= 0.6 is 0 Å². The van der Waals surface area contributed by atoms with Crippen LogP contribution in [0.25, 0.3) is 11.0 Å². The first-order valence-corrected chi connectivity index (χ1v) is 7.94. The molecule has 28 heavy (non-hydrogen) atoms. The minimum Gasteiger partial charge on any atom is -0.457 e. The molecule has 0 spiro atoms. The number of fused-ring (bicyclic) bond motifs is 1. The van der Waals surface area contributed by atoms with Crippen LogP contribution in [0.2, 0.25) is 0 Å². The number of ether oxygens (including phenoxy) is 1. The lowest BCUT2D eigenvalue weighted by atomic mass is 10.0. The molecule has 3 nitrogen and oxygen atoms in total. The average Bonchev–Trinajstić information content (AvgIpc) is 3.04. The van der Waals surface area contributed by atoms with E-state index < -0.39 is 41.1 Å². The van der Waals surface area contributed by atoms with Crippen molar-refractivity contribution in [2.75, 3.05) is 0 Å². The number of benzene rings is 2. The zero-order valence-corrected chi connectivity index (χ0v) is 14.2. The minimum atomic E-state index is -5.05. The SMILES string of the molecule is CC(OC(=O)c1cc(C(F)(F)F)cc(C(F)(F)F)c1)c1cc2ccccc2o1. The molecule has 0 aliphatic carbocycles. The van der Waals surface area contributed by atoms with Gasteiger partial charge in [0.05, 0.1) is 16.7 Å². The molecule has 0 saturated heterocycles. The fourth-order valence-electron chi connectivity index (χ4n) is 2.56. The van der Waals surface area contributed by atoms with Gasteiger partial charge < -0.3 is 9.15 Å². The number of carbonyl (C=O) groups is 1. The van der Waals surface area contributed by atoms with Crippen LogP contribution in [0, 0.1) is 0 Å². The molecule has 0 N–H and O–H groups in total. The summed E-state index contributed by atoms with van der Waals surface area (Å²) in [6.07, 6.45) is -11.1. The van der Waals surface area contributed by atoms with Crippen LogP contribution in [0.1, 0.15) is 40.3 Å². The Labute approximate surface area is 154 Å². The topological polar surface area (TPSA) is 39.4 Å². The number of halogens is 6. The summed E-state index contributed by atoms with van der Waals surface area (Å²) in [7, 11) is 0. The summed E-state index contributed by atoms with van der Waals surface area (Å²) in [4.78, 5) is 12.2. The molecule has 1 aromatic heterocycles. The normalized spacial score (nSPS) is 13.5. The van der Waals surface area contributed by atoms with Crippen LogP contribution < -0.4 is 0 Å². The second-order valence-corrected chi connectivity index (χ2v) is 6.03. The van der Waals surface area contributed by atoms with E-state index in [2.05, 4.69) is 0 Å². The van der Waals surface area contributed by atoms with Crippen molar-refractivity contribution in [2.24, 2.45) is 0 Å². The van der Waals surface area contributed by atoms with Gasteiger partial charge in [-0.05, 0) is 37.3 Å². The third-order valence-electron chi connectivity index (χ3n) is 3.95. The Morgan fingerprint density at radius 3 is 2.04 bits per heavy atom. The van der Waals surface area contributed by atoms with E-state index in [1.54, 1.807) is 30.3 Å². The van der Waals surface area contributed by atoms with Crippen molar-refractivity contribution in [2.45, 2.75) is 25.4 Å². The Balaban J connectivity index is 1.90. The number of carbonyl (C=O) groups excluding carboxylic acids is 1. The highest BCUT2D eigenvalue weighted by atomic mass is 19.4. The lowest BCUT2D eigenvalue weighted by Gasteiger charge is -2.15. The van der Waals surface area contributed by atoms with Gasteiger partial charge >= 0.3 is 18.3 Å². The van der Waals surface area contributed by atoms with Gasteiger partial charge in [0, 0.05) is 5.39 Å². The van der Waals surface area contributed by atoms with Crippen molar-refractivity contribution >= 4 is 16.9 Å². The van der Waals surface area contributed by atoms with Gasteiger partial charge in [0.1, 0.15) is 11.3 Å². The van der Waals surface area contributed by atoms with Crippen molar-refractivity contribution in [1.29, 1.82) is 0 Å². The van der Waals surface area contributed by atoms with Crippen molar-refractivity contribution in [1.82, 2.24) is 0 Å². The highest BCUT2D eigenvalue weighted by molar-refractivity contribution is 5.90. The van der Waals surface area contributed by atoms with E-state index in [1.807, 2.05) is 0 Å². The van der Waals surface area contributed by atoms with Crippen molar-refractivity contribution in [3.8, 4) is 0 Å². The number of rotatable bonds is 3. The number of para-hydroxylation sites is 1. The van der Waals surface area contributed by atoms with Crippen molar-refractivity contribution in [3.05, 3.63) is 71.0 Å². The van der Waals surface area contributed by atoms with Crippen LogP contribution in [0.4, 0.5) is 26.3 Å². The third-order valence-corrected chi connectivity index (χ3v) is 3.95. The van der Waals surface area contributed by atoms with Crippen LogP contribution in [0.3, 0.4) is 0 Å². The summed E-state index contributed by atoms with van der Waals surface area (Å²) in [5, 5.41) is 0.707. The largest absolute Gasteiger partial charge is 0.457 e. The van der Waals surface area contributed by atoms with Crippen LogP contribution in [-0.2, 0) is 17.1 Å². The Morgan fingerprint density at radius 1 is 0.929 bits per heavy atom. The van der Waals surface area contributed by atoms with E-state index in [4.69, 9.17) is 9.15 Å². The lowest BCUT2D eigenvalue weighted by Crippen LogP contribution is -2.15. The Hall–Kier alpha value is -2.97. The molecule has 0 saturated carbocycles. The molecule has 3 rings (SSSR count). The maximum atomic E-state index is 12.9. The smallest absolute Gasteiger partial charge is 0.416 e. The predicted octanol–water partition coefficient (Wildman–Crippen LogP) is 6.39. The highest BCUT2D eigenvalue weighted by Gasteiger charge is 2.37. The Morgan fingerprint density at radius 2 is 1.50 bits per heavy atom. The Bertz CT molecular complexity index is 951. The Kier molecular flexibility index (Phi) is 4.86. The average molecular weight is 402 g/mol. The van der Waals surface area contributed by atoms with Gasteiger partial charge in [-0.1, -0.05) is 18.2 Å². The molecule has 0 aliphatic rings. The number of furan rings is 1. The second-order valence-electron chi connectivity index (χ2n) is 6.03. The standard InChI is InChI=1S/C19H12F6O3/c1-10(16-8-11-4-2-3-5-15(11)28-16)27-17(26)12-6-13(18(20,21)22)9-14(7-12)19(23,24)25/h2-10H,1H3. The molecule has 148 valence electrons. The molecule has 0 amide bonds. The maximum absolute atomic E-state index is 12.9. The number of alkyl halides is 6. The minimum absolute atomic E-state index is 0.0561. The molecule has 0 aliphatic heterocycles. The highest BCUT2D eigenvalue weighted by Crippen LogP contribution is 2.37. The van der Waals surface area contributed by atoms with E-state index in [1.165, 1.54) is 6.92 Å². The van der Waals surface area contributed by atoms with E-state index in [9.17, 15) is 31.1 Å². The number of hydrogen-bond acceptors (Lipinski definition) is 3. The van der Waals surface area contributed by atoms with Crippen LogP contribution in [-0.4, -0.2) is 5.97 Å². The fourth-order valence-corrected chi connectivity index (χ4v) is 2.56. The van der Waals surface area contributed by atoms with E-state index >= 15 is 0 Å². The molecule has 0 radical (unpaired) electrons. The predicted molar refractivity (Wildman–Crippen MR) is 86.5 cm³/mol. The fraction of sp³-hybridized carbons (Fsp3) is 0.211. The molecule has 3 aromatic rings. The van der Waals surface area contributed by atoms with E-state index in [0.717, 1.165) is 0 Å². The molecule has 1 heterocycles. The zero-order chi connectivity index (χ0) is 20.7. The van der Waals surface area contributed by atoms with Gasteiger partial charge in [0.25, 0.3) is 0 Å². The van der Waals surface area contributed by atoms with Gasteiger partial charge in [-0.15, -0.1) is 0 Å². The molecule has 1 atom stereocenters. The third kappa shape index (κ3) is 4.13. The summed E-state index contributed by atoms with van der Waals surface area (Å²) < 4.78 is 88.0. The van der Waals surface area contributed by atoms with Gasteiger partial charge in [0.2, 0.25) is 0 Å². The van der Waals surface area contributed by atoms with Crippen LogP contribution in [0.5, 0.6) is 0 Å². The summed E-state index contributed by atoms with van der Waals surface area (Å²) >= 11 is 0. The van der Waals surface area contributed by atoms with Gasteiger partial charge in [-0.3, -0.25) is 0 Å². The quantitative estimate of drug-likeness (QED) is 0.377. The second kappa shape index (κ2) is 6.88. The summed E-state index contributed by atoms with van der Waals surface area (Å²) in [5.41, 5.74) is -3.54. The number of hydrogen-bond donors (Lipinski definition) is 0. The molecule has 0 fully saturated rings. The molecule has 1 unspecified atom stereocenters. The molecule has 0 bridgehead atoms. The van der Waals surface area contributed by atoms with Crippen molar-refractivity contribution in [3.63, 3.8) is 0 Å². The molecular weight excluding hydrogens is 390 g/mol. The first-order chi connectivity index (χ1) is 12.9. The van der Waals surface area contributed by atoms with Crippen molar-refractivity contribution < 1.29 is 40.3 Å². The lowest BCUT2D eigenvalue weighted by molar-refractivity contribution is -0.143.